The van der Waals surface area contributed by atoms with Gasteiger partial charge < -0.3 is 10.1 Å². The third-order valence-electron chi connectivity index (χ3n) is 2.61. The van der Waals surface area contributed by atoms with E-state index < -0.39 is 11.6 Å². The van der Waals surface area contributed by atoms with Gasteiger partial charge in [0, 0.05) is 12.1 Å². The van der Waals surface area contributed by atoms with Crippen molar-refractivity contribution in [3.63, 3.8) is 0 Å². The second-order valence-corrected chi connectivity index (χ2v) is 3.77. The normalized spacial score (nSPS) is 10.2. The highest BCUT2D eigenvalue weighted by molar-refractivity contribution is 5.46. The molecule has 0 amide bonds. The van der Waals surface area contributed by atoms with Crippen LogP contribution >= 0.6 is 0 Å². The van der Waals surface area contributed by atoms with Crippen LogP contribution in [0.25, 0.3) is 0 Å². The summed E-state index contributed by atoms with van der Waals surface area (Å²) in [5.74, 6) is -1.02. The second kappa shape index (κ2) is 5.49. The van der Waals surface area contributed by atoms with Gasteiger partial charge in [-0.1, -0.05) is 24.3 Å². The molecule has 18 heavy (non-hydrogen) atoms. The number of nitrogens with one attached hydrogen (secondary N) is 1. The van der Waals surface area contributed by atoms with E-state index in [0.717, 1.165) is 11.6 Å². The van der Waals surface area contributed by atoms with Gasteiger partial charge in [-0.3, -0.25) is 0 Å². The van der Waals surface area contributed by atoms with Crippen LogP contribution in [0.3, 0.4) is 0 Å². The lowest BCUT2D eigenvalue weighted by Crippen LogP contribution is -2.04. The van der Waals surface area contributed by atoms with E-state index in [1.54, 1.807) is 7.11 Å². The fraction of sp³-hybridized carbons (Fsp3) is 0.143. The summed E-state index contributed by atoms with van der Waals surface area (Å²) in [6.45, 7) is 0.365. The van der Waals surface area contributed by atoms with E-state index in [1.807, 2.05) is 24.3 Å². The maximum atomic E-state index is 13.4. The summed E-state index contributed by atoms with van der Waals surface area (Å²) < 4.78 is 31.6. The van der Waals surface area contributed by atoms with Crippen molar-refractivity contribution in [2.75, 3.05) is 12.4 Å². The molecule has 0 heterocycles. The Hall–Kier alpha value is -2.10. The van der Waals surface area contributed by atoms with E-state index in [2.05, 4.69) is 5.32 Å². The van der Waals surface area contributed by atoms with Crippen molar-refractivity contribution in [1.29, 1.82) is 0 Å². The molecule has 0 radical (unpaired) electrons. The largest absolute Gasteiger partial charge is 0.496 e. The standard InChI is InChI=1S/C14H13F2NO/c1-18-13-8-3-2-5-10(13)9-17-12-7-4-6-11(15)14(12)16/h2-8,17H,9H2,1H3. The third-order valence-corrected chi connectivity index (χ3v) is 2.61. The Balaban J connectivity index is 2.14. The molecule has 0 spiro atoms. The molecule has 0 aliphatic carbocycles. The lowest BCUT2D eigenvalue weighted by atomic mass is 10.2. The Morgan fingerprint density at radius 2 is 1.83 bits per heavy atom. The maximum Gasteiger partial charge on any atom is 0.181 e. The van der Waals surface area contributed by atoms with Crippen molar-refractivity contribution in [1.82, 2.24) is 0 Å². The molecule has 0 aromatic heterocycles. The van der Waals surface area contributed by atoms with Crippen molar-refractivity contribution >= 4 is 5.69 Å². The molecule has 2 rings (SSSR count). The zero-order chi connectivity index (χ0) is 13.0. The van der Waals surface area contributed by atoms with Crippen molar-refractivity contribution in [3.8, 4) is 5.75 Å². The van der Waals surface area contributed by atoms with Crippen LogP contribution in [0.4, 0.5) is 14.5 Å². The van der Waals surface area contributed by atoms with Gasteiger partial charge in [0.2, 0.25) is 0 Å². The molecule has 2 aromatic rings. The average Bonchev–Trinajstić information content (AvgIpc) is 2.41. The van der Waals surface area contributed by atoms with Gasteiger partial charge in [0.15, 0.2) is 11.6 Å². The first-order chi connectivity index (χ1) is 8.72. The molecule has 2 nitrogen and oxygen atoms in total. The minimum absolute atomic E-state index is 0.140. The van der Waals surface area contributed by atoms with Gasteiger partial charge in [0.25, 0.3) is 0 Å². The van der Waals surface area contributed by atoms with Crippen LogP contribution in [0, 0.1) is 11.6 Å². The summed E-state index contributed by atoms with van der Waals surface area (Å²) in [5.41, 5.74) is 1.02. The highest BCUT2D eigenvalue weighted by atomic mass is 19.2. The lowest BCUT2D eigenvalue weighted by molar-refractivity contribution is 0.410. The molecule has 1 N–H and O–H groups in total. The second-order valence-electron chi connectivity index (χ2n) is 3.77. The zero-order valence-electron chi connectivity index (χ0n) is 9.91. The number of ether oxygens (including phenoxy) is 1. The van der Waals surface area contributed by atoms with Crippen LogP contribution < -0.4 is 10.1 Å². The van der Waals surface area contributed by atoms with Crippen LogP contribution in [0.2, 0.25) is 0 Å². The fourth-order valence-electron chi connectivity index (χ4n) is 1.68. The number of hydrogen-bond donors (Lipinski definition) is 1. The first-order valence-electron chi connectivity index (χ1n) is 5.52. The van der Waals surface area contributed by atoms with Gasteiger partial charge in [0.1, 0.15) is 5.75 Å². The average molecular weight is 249 g/mol. The minimum atomic E-state index is -0.868. The van der Waals surface area contributed by atoms with Crippen LogP contribution in [0.1, 0.15) is 5.56 Å². The van der Waals surface area contributed by atoms with Crippen LogP contribution in [-0.2, 0) is 6.54 Å². The van der Waals surface area contributed by atoms with Gasteiger partial charge >= 0.3 is 0 Å². The predicted molar refractivity (Wildman–Crippen MR) is 66.7 cm³/mol. The summed E-state index contributed by atoms with van der Waals surface area (Å²) in [7, 11) is 1.57. The summed E-state index contributed by atoms with van der Waals surface area (Å²) in [4.78, 5) is 0. The Kier molecular flexibility index (Phi) is 3.77. The zero-order valence-corrected chi connectivity index (χ0v) is 9.91. The van der Waals surface area contributed by atoms with Gasteiger partial charge in [0.05, 0.1) is 12.8 Å². The minimum Gasteiger partial charge on any atom is -0.496 e. The first kappa shape index (κ1) is 12.4. The number of hydrogen-bond acceptors (Lipinski definition) is 2. The number of methoxy groups -OCH3 is 1. The molecular weight excluding hydrogens is 236 g/mol. The number of anilines is 1. The SMILES string of the molecule is COc1ccccc1CNc1cccc(F)c1F. The Morgan fingerprint density at radius 3 is 2.61 bits per heavy atom. The van der Waals surface area contributed by atoms with Gasteiger partial charge in [-0.05, 0) is 18.2 Å². The first-order valence-corrected chi connectivity index (χ1v) is 5.52. The molecule has 0 unspecified atom stereocenters. The molecule has 2 aromatic carbocycles. The van der Waals surface area contributed by atoms with Crippen LogP contribution in [-0.4, -0.2) is 7.11 Å². The number of rotatable bonds is 4. The molecule has 0 saturated heterocycles. The van der Waals surface area contributed by atoms with E-state index in [9.17, 15) is 8.78 Å². The van der Waals surface area contributed by atoms with Gasteiger partial charge in [-0.15, -0.1) is 0 Å². The summed E-state index contributed by atoms with van der Waals surface area (Å²) in [5, 5.41) is 2.85. The van der Waals surface area contributed by atoms with E-state index in [-0.39, 0.29) is 5.69 Å². The van der Waals surface area contributed by atoms with Crippen molar-refractivity contribution in [2.24, 2.45) is 0 Å². The molecule has 0 saturated carbocycles. The van der Waals surface area contributed by atoms with Crippen LogP contribution in [0.5, 0.6) is 5.75 Å². The number of halogens is 2. The smallest absolute Gasteiger partial charge is 0.181 e. The van der Waals surface area contributed by atoms with Crippen molar-refractivity contribution in [2.45, 2.75) is 6.54 Å². The van der Waals surface area contributed by atoms with Crippen LogP contribution in [0.15, 0.2) is 42.5 Å². The maximum absolute atomic E-state index is 13.4. The summed E-state index contributed by atoms with van der Waals surface area (Å²) in [6, 6.07) is 11.4. The molecule has 4 heteroatoms. The van der Waals surface area contributed by atoms with Crippen molar-refractivity contribution < 1.29 is 13.5 Å². The summed E-state index contributed by atoms with van der Waals surface area (Å²) >= 11 is 0. The molecule has 0 bridgehead atoms. The van der Waals surface area contributed by atoms with Gasteiger partial charge in [-0.2, -0.15) is 0 Å². The Bertz CT molecular complexity index is 543. The van der Waals surface area contributed by atoms with Crippen molar-refractivity contribution in [3.05, 3.63) is 59.7 Å². The van der Waals surface area contributed by atoms with E-state index in [1.165, 1.54) is 12.1 Å². The van der Waals surface area contributed by atoms with Gasteiger partial charge in [-0.25, -0.2) is 8.78 Å². The number of benzene rings is 2. The number of para-hydroxylation sites is 1. The topological polar surface area (TPSA) is 21.3 Å². The predicted octanol–water partition coefficient (Wildman–Crippen LogP) is 3.59. The highest BCUT2D eigenvalue weighted by Crippen LogP contribution is 2.21. The fourth-order valence-corrected chi connectivity index (χ4v) is 1.68. The third kappa shape index (κ3) is 2.59. The van der Waals surface area contributed by atoms with E-state index >= 15 is 0 Å². The lowest BCUT2D eigenvalue weighted by Gasteiger charge is -2.11. The van der Waals surface area contributed by atoms with E-state index in [0.29, 0.717) is 12.3 Å². The molecule has 94 valence electrons. The monoisotopic (exact) mass is 249 g/mol. The molecular formula is C14H13F2NO. The quantitative estimate of drug-likeness (QED) is 0.894. The molecule has 0 atom stereocenters. The molecule has 0 fully saturated rings. The summed E-state index contributed by atoms with van der Waals surface area (Å²) in [6.07, 6.45) is 0. The Labute approximate surface area is 104 Å². The van der Waals surface area contributed by atoms with E-state index in [4.69, 9.17) is 4.74 Å². The highest BCUT2D eigenvalue weighted by Gasteiger charge is 2.08. The molecule has 0 aliphatic rings. The molecule has 0 aliphatic heterocycles. The Morgan fingerprint density at radius 1 is 1.06 bits per heavy atom.